The molecule has 0 aromatic carbocycles. The quantitative estimate of drug-likeness (QED) is 0.236. The van der Waals surface area contributed by atoms with E-state index in [2.05, 4.69) is 0 Å². The molecule has 0 aliphatic rings. The molecule has 0 radical (unpaired) electrons. The van der Waals surface area contributed by atoms with Gasteiger partial charge in [-0.3, -0.25) is 24.0 Å². The third-order valence-electron chi connectivity index (χ3n) is 4.15. The highest BCUT2D eigenvalue weighted by Gasteiger charge is 2.50. The molecule has 0 fully saturated rings. The van der Waals surface area contributed by atoms with E-state index in [0.717, 1.165) is 0 Å². The molecule has 1 atom stereocenters. The fraction of sp³-hybridized carbons (Fsp3) is 0.762. The van der Waals surface area contributed by atoms with Crippen LogP contribution < -0.4 is 0 Å². The molecule has 0 rings (SSSR count). The molecule has 1 unspecified atom stereocenters. The lowest BCUT2D eigenvalue weighted by Gasteiger charge is -2.39. The van der Waals surface area contributed by atoms with E-state index >= 15 is 0 Å². The zero-order valence-electron chi connectivity index (χ0n) is 19.4. The Balaban J connectivity index is 6.27. The van der Waals surface area contributed by atoms with Gasteiger partial charge in [0.1, 0.15) is 0 Å². The van der Waals surface area contributed by atoms with Crippen LogP contribution in [0.3, 0.4) is 0 Å². The highest BCUT2D eigenvalue weighted by atomic mass is 16.8. The summed E-state index contributed by atoms with van der Waals surface area (Å²) in [4.78, 5) is 60.1. The summed E-state index contributed by atoms with van der Waals surface area (Å²) >= 11 is 0. The number of esters is 5. The van der Waals surface area contributed by atoms with Crippen molar-refractivity contribution in [1.29, 1.82) is 0 Å². The average molecular weight is 446 g/mol. The molecule has 178 valence electrons. The maximum absolute atomic E-state index is 12.1. The Hall–Kier alpha value is -2.65. The molecule has 0 heterocycles. The van der Waals surface area contributed by atoms with Crippen molar-refractivity contribution in [2.75, 3.05) is 0 Å². The number of carbonyl (C=O) groups excluding carboxylic acids is 5. The van der Waals surface area contributed by atoms with Gasteiger partial charge < -0.3 is 23.7 Å². The lowest BCUT2D eigenvalue weighted by atomic mass is 10.0. The van der Waals surface area contributed by atoms with E-state index < -0.39 is 53.9 Å². The molecule has 0 saturated carbocycles. The van der Waals surface area contributed by atoms with Crippen LogP contribution in [-0.2, 0) is 47.7 Å². The van der Waals surface area contributed by atoms with E-state index in [1.54, 1.807) is 20.8 Å². The van der Waals surface area contributed by atoms with Gasteiger partial charge in [0.15, 0.2) is 6.10 Å². The predicted molar refractivity (Wildman–Crippen MR) is 107 cm³/mol. The maximum Gasteiger partial charge on any atom is 0.308 e. The van der Waals surface area contributed by atoms with Crippen LogP contribution in [-0.4, -0.2) is 47.5 Å². The zero-order valence-corrected chi connectivity index (χ0v) is 19.4. The van der Waals surface area contributed by atoms with Crippen LogP contribution in [0.1, 0.15) is 87.0 Å². The smallest absolute Gasteiger partial charge is 0.308 e. The SMILES string of the molecule is CCC(=O)OC(CC(C)(OC(=O)CC)OC(=O)CC)C(C)(OC(=O)CC)OC(=O)CC. The van der Waals surface area contributed by atoms with Crippen molar-refractivity contribution >= 4 is 29.8 Å². The summed E-state index contributed by atoms with van der Waals surface area (Å²) in [7, 11) is 0. The second kappa shape index (κ2) is 12.9. The molecule has 0 aromatic heterocycles. The largest absolute Gasteiger partial charge is 0.454 e. The summed E-state index contributed by atoms with van der Waals surface area (Å²) in [5.74, 6) is -7.42. The fourth-order valence-corrected chi connectivity index (χ4v) is 2.39. The van der Waals surface area contributed by atoms with Crippen LogP contribution in [0.25, 0.3) is 0 Å². The first kappa shape index (κ1) is 28.4. The van der Waals surface area contributed by atoms with E-state index in [9.17, 15) is 24.0 Å². The van der Waals surface area contributed by atoms with E-state index in [0.29, 0.717) is 0 Å². The van der Waals surface area contributed by atoms with Gasteiger partial charge in [0.2, 0.25) is 0 Å². The van der Waals surface area contributed by atoms with Gasteiger partial charge in [0.05, 0.1) is 6.42 Å². The highest BCUT2D eigenvalue weighted by Crippen LogP contribution is 2.32. The Morgan fingerprint density at radius 2 is 0.903 bits per heavy atom. The Morgan fingerprint density at radius 1 is 0.581 bits per heavy atom. The maximum atomic E-state index is 12.1. The summed E-state index contributed by atoms with van der Waals surface area (Å²) in [5.41, 5.74) is 0. The van der Waals surface area contributed by atoms with E-state index in [4.69, 9.17) is 23.7 Å². The number of carbonyl (C=O) groups is 5. The summed E-state index contributed by atoms with van der Waals surface area (Å²) in [5, 5.41) is 0. The number of hydrogen-bond donors (Lipinski definition) is 0. The molecule has 0 spiro atoms. The molecule has 0 N–H and O–H groups in total. The number of rotatable bonds is 13. The third-order valence-corrected chi connectivity index (χ3v) is 4.15. The second-order valence-corrected chi connectivity index (χ2v) is 7.00. The fourth-order valence-electron chi connectivity index (χ4n) is 2.39. The first-order chi connectivity index (χ1) is 14.4. The minimum atomic E-state index is -2.05. The van der Waals surface area contributed by atoms with Gasteiger partial charge in [-0.25, -0.2) is 0 Å². The lowest BCUT2D eigenvalue weighted by Crippen LogP contribution is -2.53. The number of hydrogen-bond acceptors (Lipinski definition) is 10. The van der Waals surface area contributed by atoms with Gasteiger partial charge in [-0.05, 0) is 0 Å². The highest BCUT2D eigenvalue weighted by molar-refractivity contribution is 5.73. The molecule has 0 aromatic rings. The van der Waals surface area contributed by atoms with Crippen LogP contribution in [0.5, 0.6) is 0 Å². The van der Waals surface area contributed by atoms with Crippen LogP contribution in [0.15, 0.2) is 0 Å². The van der Waals surface area contributed by atoms with Crippen LogP contribution in [0, 0.1) is 0 Å². The molecule has 0 saturated heterocycles. The Labute approximate surface area is 182 Å². The summed E-state index contributed by atoms with van der Waals surface area (Å²) in [6.07, 6.45) is -2.01. The second-order valence-electron chi connectivity index (χ2n) is 7.00. The van der Waals surface area contributed by atoms with Crippen LogP contribution >= 0.6 is 0 Å². The molecule has 31 heavy (non-hydrogen) atoms. The van der Waals surface area contributed by atoms with Crippen LogP contribution in [0.2, 0.25) is 0 Å². The average Bonchev–Trinajstić information content (AvgIpc) is 2.72. The van der Waals surface area contributed by atoms with E-state index in [-0.39, 0.29) is 32.1 Å². The van der Waals surface area contributed by atoms with E-state index in [1.165, 1.54) is 27.7 Å². The molecule has 10 nitrogen and oxygen atoms in total. The van der Waals surface area contributed by atoms with Gasteiger partial charge in [-0.1, -0.05) is 34.6 Å². The molecule has 0 amide bonds. The summed E-state index contributed by atoms with van der Waals surface area (Å²) in [6.45, 7) is 10.3. The Kier molecular flexibility index (Phi) is 11.8. The first-order valence-corrected chi connectivity index (χ1v) is 10.4. The van der Waals surface area contributed by atoms with Gasteiger partial charge in [0.25, 0.3) is 11.6 Å². The topological polar surface area (TPSA) is 132 Å². The first-order valence-electron chi connectivity index (χ1n) is 10.4. The normalized spacial score (nSPS) is 12.4. The molecular formula is C21H34O10. The van der Waals surface area contributed by atoms with Crippen molar-refractivity contribution in [1.82, 2.24) is 0 Å². The van der Waals surface area contributed by atoms with Crippen molar-refractivity contribution in [2.45, 2.75) is 105 Å². The minimum absolute atomic E-state index is 0.00834. The van der Waals surface area contributed by atoms with Crippen LogP contribution in [0.4, 0.5) is 0 Å². The Bertz CT molecular complexity index is 619. The van der Waals surface area contributed by atoms with Crippen molar-refractivity contribution in [3.63, 3.8) is 0 Å². The molecule has 0 aliphatic carbocycles. The Morgan fingerprint density at radius 3 is 1.23 bits per heavy atom. The van der Waals surface area contributed by atoms with Crippen molar-refractivity contribution < 1.29 is 47.7 Å². The van der Waals surface area contributed by atoms with Crippen molar-refractivity contribution in [3.8, 4) is 0 Å². The predicted octanol–water partition coefficient (Wildman–Crippen LogP) is 2.94. The minimum Gasteiger partial charge on any atom is -0.454 e. The number of ether oxygens (including phenoxy) is 5. The van der Waals surface area contributed by atoms with Crippen molar-refractivity contribution in [2.24, 2.45) is 0 Å². The van der Waals surface area contributed by atoms with Gasteiger partial charge in [-0.15, -0.1) is 0 Å². The molecule has 0 bridgehead atoms. The van der Waals surface area contributed by atoms with Gasteiger partial charge in [-0.2, -0.15) is 0 Å². The third kappa shape index (κ3) is 9.80. The van der Waals surface area contributed by atoms with Gasteiger partial charge in [0, 0.05) is 46.0 Å². The monoisotopic (exact) mass is 446 g/mol. The molecule has 0 aliphatic heterocycles. The molecule has 10 heteroatoms. The summed E-state index contributed by atoms with van der Waals surface area (Å²) in [6, 6.07) is 0. The molecular weight excluding hydrogens is 412 g/mol. The summed E-state index contributed by atoms with van der Waals surface area (Å²) < 4.78 is 26.7. The zero-order chi connectivity index (χ0) is 24.2. The van der Waals surface area contributed by atoms with Crippen molar-refractivity contribution in [3.05, 3.63) is 0 Å². The van der Waals surface area contributed by atoms with Gasteiger partial charge >= 0.3 is 29.8 Å². The standard InChI is InChI=1S/C21H34O10/c1-8-15(22)27-14(21(7,30-18(25)11-4)31-19(26)12-5)13-20(6,28-16(23)9-2)29-17(24)10-3/h14H,8-13H2,1-7H3. The van der Waals surface area contributed by atoms with E-state index in [1.807, 2.05) is 0 Å². The lowest BCUT2D eigenvalue weighted by molar-refractivity contribution is -0.281.